The minimum Gasteiger partial charge on any atom is -0.491 e. The topological polar surface area (TPSA) is 49.7 Å². The van der Waals surface area contributed by atoms with Crippen molar-refractivity contribution in [2.75, 3.05) is 13.2 Å². The molecule has 2 rings (SSSR count). The molecule has 2 aromatic rings. The Morgan fingerprint density at radius 3 is 2.33 bits per heavy atom. The molecular formula is C17H15FO3. The van der Waals surface area contributed by atoms with Crippen LogP contribution in [0.3, 0.4) is 0 Å². The molecule has 108 valence electrons. The van der Waals surface area contributed by atoms with Crippen LogP contribution in [0.25, 0.3) is 0 Å². The highest BCUT2D eigenvalue weighted by Gasteiger charge is 2.03. The summed E-state index contributed by atoms with van der Waals surface area (Å²) >= 11 is 0. The monoisotopic (exact) mass is 286 g/mol. The molecule has 0 aliphatic heterocycles. The van der Waals surface area contributed by atoms with Crippen LogP contribution in [-0.4, -0.2) is 23.4 Å². The second-order valence-electron chi connectivity index (χ2n) is 4.32. The standard InChI is InChI=1S/C17H15FO3/c18-15-6-4-14(5-7-15)17(20)10-3-13-1-8-16(9-2-13)21-12-11-19/h1-2,4-9,17,19-20H,11-12H2. The summed E-state index contributed by atoms with van der Waals surface area (Å²) in [6.45, 7) is 0.208. The molecule has 0 radical (unpaired) electrons. The van der Waals surface area contributed by atoms with Gasteiger partial charge in [0.15, 0.2) is 0 Å². The van der Waals surface area contributed by atoms with Gasteiger partial charge in [0.05, 0.1) is 6.61 Å². The molecule has 21 heavy (non-hydrogen) atoms. The molecule has 2 N–H and O–H groups in total. The first-order valence-electron chi connectivity index (χ1n) is 6.48. The number of benzene rings is 2. The fourth-order valence-corrected chi connectivity index (χ4v) is 1.68. The van der Waals surface area contributed by atoms with Gasteiger partial charge < -0.3 is 14.9 Å². The predicted molar refractivity (Wildman–Crippen MR) is 77.3 cm³/mol. The Morgan fingerprint density at radius 2 is 1.71 bits per heavy atom. The van der Waals surface area contributed by atoms with Crippen molar-refractivity contribution in [1.82, 2.24) is 0 Å². The number of halogens is 1. The molecule has 0 saturated carbocycles. The van der Waals surface area contributed by atoms with Crippen LogP contribution in [0.15, 0.2) is 48.5 Å². The van der Waals surface area contributed by atoms with Crippen LogP contribution in [0.4, 0.5) is 4.39 Å². The molecule has 4 heteroatoms. The van der Waals surface area contributed by atoms with Gasteiger partial charge in [0.25, 0.3) is 0 Å². The molecule has 0 fully saturated rings. The molecule has 1 atom stereocenters. The average molecular weight is 286 g/mol. The first kappa shape index (κ1) is 15.0. The molecule has 3 nitrogen and oxygen atoms in total. The van der Waals surface area contributed by atoms with E-state index in [0.29, 0.717) is 11.3 Å². The Hall–Kier alpha value is -2.35. The van der Waals surface area contributed by atoms with Crippen molar-refractivity contribution in [2.45, 2.75) is 6.10 Å². The molecule has 0 heterocycles. The highest BCUT2D eigenvalue weighted by atomic mass is 19.1. The zero-order valence-electron chi connectivity index (χ0n) is 11.3. The number of hydrogen-bond donors (Lipinski definition) is 2. The van der Waals surface area contributed by atoms with Gasteiger partial charge in [-0.2, -0.15) is 0 Å². The van der Waals surface area contributed by atoms with E-state index in [0.717, 1.165) is 5.56 Å². The molecule has 0 saturated heterocycles. The highest BCUT2D eigenvalue weighted by Crippen LogP contribution is 2.14. The van der Waals surface area contributed by atoms with E-state index in [4.69, 9.17) is 9.84 Å². The molecule has 0 bridgehead atoms. The highest BCUT2D eigenvalue weighted by molar-refractivity contribution is 5.40. The second kappa shape index (κ2) is 7.44. The average Bonchev–Trinajstić information content (AvgIpc) is 2.52. The van der Waals surface area contributed by atoms with Crippen molar-refractivity contribution in [3.05, 3.63) is 65.5 Å². The zero-order valence-corrected chi connectivity index (χ0v) is 11.3. The molecule has 2 aromatic carbocycles. The van der Waals surface area contributed by atoms with Gasteiger partial charge in [-0.3, -0.25) is 0 Å². The van der Waals surface area contributed by atoms with Crippen molar-refractivity contribution < 1.29 is 19.3 Å². The maximum atomic E-state index is 12.8. The van der Waals surface area contributed by atoms with Gasteiger partial charge in [-0.15, -0.1) is 0 Å². The van der Waals surface area contributed by atoms with Crippen LogP contribution in [0, 0.1) is 17.7 Å². The number of rotatable bonds is 4. The van der Waals surface area contributed by atoms with Gasteiger partial charge in [0.2, 0.25) is 0 Å². The van der Waals surface area contributed by atoms with Crippen LogP contribution < -0.4 is 4.74 Å². The van der Waals surface area contributed by atoms with Crippen molar-refractivity contribution >= 4 is 0 Å². The quantitative estimate of drug-likeness (QED) is 0.848. The summed E-state index contributed by atoms with van der Waals surface area (Å²) in [6.07, 6.45) is -0.962. The molecule has 0 aliphatic carbocycles. The summed E-state index contributed by atoms with van der Waals surface area (Å²) in [5.41, 5.74) is 1.28. The third-order valence-electron chi connectivity index (χ3n) is 2.75. The maximum absolute atomic E-state index is 12.8. The number of aliphatic hydroxyl groups excluding tert-OH is 2. The molecule has 0 spiro atoms. The van der Waals surface area contributed by atoms with E-state index < -0.39 is 6.10 Å². The van der Waals surface area contributed by atoms with Gasteiger partial charge in [-0.25, -0.2) is 4.39 Å². The molecular weight excluding hydrogens is 271 g/mol. The summed E-state index contributed by atoms with van der Waals surface area (Å²) < 4.78 is 18.0. The Kier molecular flexibility index (Phi) is 5.33. The van der Waals surface area contributed by atoms with E-state index in [1.54, 1.807) is 24.3 Å². The van der Waals surface area contributed by atoms with Gasteiger partial charge in [0, 0.05) is 5.56 Å². The first-order valence-corrected chi connectivity index (χ1v) is 6.48. The normalized spacial score (nSPS) is 11.4. The summed E-state index contributed by atoms with van der Waals surface area (Å²) in [5, 5.41) is 18.5. The van der Waals surface area contributed by atoms with E-state index in [1.165, 1.54) is 24.3 Å². The van der Waals surface area contributed by atoms with E-state index >= 15 is 0 Å². The van der Waals surface area contributed by atoms with Crippen LogP contribution in [0.1, 0.15) is 17.2 Å². The van der Waals surface area contributed by atoms with E-state index in [1.807, 2.05) is 0 Å². The molecule has 0 aliphatic rings. The lowest BCUT2D eigenvalue weighted by Crippen LogP contribution is -2.01. The second-order valence-corrected chi connectivity index (χ2v) is 4.32. The van der Waals surface area contributed by atoms with Crippen molar-refractivity contribution in [1.29, 1.82) is 0 Å². The minimum atomic E-state index is -0.962. The Labute approximate surface area is 122 Å². The SMILES string of the molecule is OCCOc1ccc(C#CC(O)c2ccc(F)cc2)cc1. The van der Waals surface area contributed by atoms with Crippen LogP contribution in [-0.2, 0) is 0 Å². The predicted octanol–water partition coefficient (Wildman–Crippen LogP) is 2.28. The Balaban J connectivity index is 2.02. The third-order valence-corrected chi connectivity index (χ3v) is 2.75. The van der Waals surface area contributed by atoms with E-state index in [2.05, 4.69) is 11.8 Å². The molecule has 0 amide bonds. The van der Waals surface area contributed by atoms with Gasteiger partial charge in [-0.05, 0) is 42.0 Å². The largest absolute Gasteiger partial charge is 0.491 e. The lowest BCUT2D eigenvalue weighted by molar-refractivity contribution is 0.201. The first-order chi connectivity index (χ1) is 10.2. The van der Waals surface area contributed by atoms with E-state index in [-0.39, 0.29) is 19.0 Å². The van der Waals surface area contributed by atoms with Gasteiger partial charge in [-0.1, -0.05) is 24.0 Å². The minimum absolute atomic E-state index is 0.0363. The maximum Gasteiger partial charge on any atom is 0.140 e. The Bertz CT molecular complexity index is 624. The van der Waals surface area contributed by atoms with Crippen LogP contribution in [0.2, 0.25) is 0 Å². The van der Waals surface area contributed by atoms with Gasteiger partial charge in [0.1, 0.15) is 24.3 Å². The van der Waals surface area contributed by atoms with Crippen LogP contribution >= 0.6 is 0 Å². The van der Waals surface area contributed by atoms with Crippen molar-refractivity contribution in [3.63, 3.8) is 0 Å². The van der Waals surface area contributed by atoms with Crippen LogP contribution in [0.5, 0.6) is 5.75 Å². The molecule has 1 unspecified atom stereocenters. The summed E-state index contributed by atoms with van der Waals surface area (Å²) in [5.74, 6) is 5.84. The fourth-order valence-electron chi connectivity index (χ4n) is 1.68. The van der Waals surface area contributed by atoms with Crippen molar-refractivity contribution in [2.24, 2.45) is 0 Å². The van der Waals surface area contributed by atoms with Gasteiger partial charge >= 0.3 is 0 Å². The summed E-state index contributed by atoms with van der Waals surface area (Å²) in [6, 6.07) is 12.6. The Morgan fingerprint density at radius 1 is 1.05 bits per heavy atom. The lowest BCUT2D eigenvalue weighted by atomic mass is 10.1. The van der Waals surface area contributed by atoms with Crippen molar-refractivity contribution in [3.8, 4) is 17.6 Å². The summed E-state index contributed by atoms with van der Waals surface area (Å²) in [7, 11) is 0. The third kappa shape index (κ3) is 4.60. The van der Waals surface area contributed by atoms with E-state index in [9.17, 15) is 9.50 Å². The number of aliphatic hydroxyl groups is 2. The number of ether oxygens (including phenoxy) is 1. The lowest BCUT2D eigenvalue weighted by Gasteiger charge is -2.04. The molecule has 0 aromatic heterocycles. The fraction of sp³-hybridized carbons (Fsp3) is 0.176. The number of hydrogen-bond acceptors (Lipinski definition) is 3. The smallest absolute Gasteiger partial charge is 0.140 e. The zero-order chi connectivity index (χ0) is 15.1. The summed E-state index contributed by atoms with van der Waals surface area (Å²) in [4.78, 5) is 0.